The van der Waals surface area contributed by atoms with Gasteiger partial charge in [-0.05, 0) is 44.9 Å². The highest BCUT2D eigenvalue weighted by atomic mass is 31.2. The maximum atomic E-state index is 13.0. The molecule has 1 aliphatic rings. The van der Waals surface area contributed by atoms with Gasteiger partial charge in [0.05, 0.1) is 31.3 Å². The number of rotatable bonds is 38. The third-order valence-corrected chi connectivity index (χ3v) is 12.3. The monoisotopic (exact) mass is 864 g/mol. The minimum atomic E-state index is -5.11. The van der Waals surface area contributed by atoms with Crippen LogP contribution in [-0.4, -0.2) is 108 Å². The smallest absolute Gasteiger partial charge is 0.393 e. The molecule has 0 aromatic carbocycles. The molecule has 1 rings (SSSR count). The van der Waals surface area contributed by atoms with Crippen molar-refractivity contribution in [1.29, 1.82) is 0 Å². The number of amides is 1. The van der Waals surface area contributed by atoms with Crippen LogP contribution in [0.1, 0.15) is 194 Å². The summed E-state index contributed by atoms with van der Waals surface area (Å²) in [5.74, 6) is -0.571. The number of aliphatic hydroxyl groups is 7. The lowest BCUT2D eigenvalue weighted by atomic mass is 9.85. The molecule has 13 nitrogen and oxygen atoms in total. The minimum Gasteiger partial charge on any atom is -0.393 e. The van der Waals surface area contributed by atoms with Crippen molar-refractivity contribution in [2.24, 2.45) is 0 Å². The highest BCUT2D eigenvalue weighted by molar-refractivity contribution is 7.47. The third-order valence-electron chi connectivity index (χ3n) is 11.3. The predicted molar refractivity (Wildman–Crippen MR) is 234 cm³/mol. The molecule has 1 fully saturated rings. The van der Waals surface area contributed by atoms with Gasteiger partial charge in [-0.25, -0.2) is 4.57 Å². The molecule has 0 aromatic heterocycles. The SMILES string of the molecule is CCCCCCCCCCC/C=C\C/C=C\CCCCCCCC(O)CC(=O)NC(COP(=O)(O)OC1C(O)C(O)C(O)C(O)C1O)C(O)CCCCCCCCCC. The van der Waals surface area contributed by atoms with E-state index in [1.165, 1.54) is 77.0 Å². The molecule has 0 heterocycles. The lowest BCUT2D eigenvalue weighted by Crippen LogP contribution is -2.64. The summed E-state index contributed by atoms with van der Waals surface area (Å²) in [6.45, 7) is 3.73. The second kappa shape index (κ2) is 35.3. The van der Waals surface area contributed by atoms with E-state index in [1.54, 1.807) is 0 Å². The van der Waals surface area contributed by atoms with E-state index in [-0.39, 0.29) is 12.8 Å². The molecule has 0 spiro atoms. The summed E-state index contributed by atoms with van der Waals surface area (Å²) >= 11 is 0. The molecule has 0 radical (unpaired) electrons. The van der Waals surface area contributed by atoms with Crippen molar-refractivity contribution < 1.29 is 59.0 Å². The van der Waals surface area contributed by atoms with Crippen LogP contribution in [0.5, 0.6) is 0 Å². The van der Waals surface area contributed by atoms with E-state index < -0.39 is 75.2 Å². The van der Waals surface area contributed by atoms with E-state index in [2.05, 4.69) is 43.5 Å². The first-order valence-corrected chi connectivity index (χ1v) is 24.9. The molecule has 0 aromatic rings. The maximum Gasteiger partial charge on any atom is 0.472 e. The molecule has 1 saturated carbocycles. The van der Waals surface area contributed by atoms with Crippen LogP contribution in [0.3, 0.4) is 0 Å². The number of carbonyl (C=O) groups excluding carboxylic acids is 1. The van der Waals surface area contributed by atoms with Crippen LogP contribution in [0.4, 0.5) is 0 Å². The van der Waals surface area contributed by atoms with Crippen molar-refractivity contribution >= 4 is 13.7 Å². The molecule has 59 heavy (non-hydrogen) atoms. The summed E-state index contributed by atoms with van der Waals surface area (Å²) in [5, 5.41) is 74.3. The van der Waals surface area contributed by atoms with Gasteiger partial charge in [0.15, 0.2) is 0 Å². The molecular weight excluding hydrogens is 777 g/mol. The molecule has 1 aliphatic carbocycles. The molecule has 0 aliphatic heterocycles. The largest absolute Gasteiger partial charge is 0.472 e. The minimum absolute atomic E-state index is 0.231. The number of unbranched alkanes of at least 4 members (excludes halogenated alkanes) is 21. The summed E-state index contributed by atoms with van der Waals surface area (Å²) in [6, 6.07) is -1.16. The van der Waals surface area contributed by atoms with Crippen molar-refractivity contribution in [3.8, 4) is 0 Å². The van der Waals surface area contributed by atoms with Crippen molar-refractivity contribution in [3.63, 3.8) is 0 Å². The van der Waals surface area contributed by atoms with Gasteiger partial charge in [0, 0.05) is 0 Å². The first-order valence-electron chi connectivity index (χ1n) is 23.4. The van der Waals surface area contributed by atoms with E-state index >= 15 is 0 Å². The number of allylic oxidation sites excluding steroid dienone is 4. The molecule has 348 valence electrons. The summed E-state index contributed by atoms with van der Waals surface area (Å²) in [5.41, 5.74) is 0. The second-order valence-electron chi connectivity index (χ2n) is 16.8. The number of aliphatic hydroxyl groups excluding tert-OH is 7. The summed E-state index contributed by atoms with van der Waals surface area (Å²) in [4.78, 5) is 23.4. The van der Waals surface area contributed by atoms with Gasteiger partial charge in [-0.3, -0.25) is 13.8 Å². The number of hydrogen-bond acceptors (Lipinski definition) is 11. The molecule has 1 amide bonds. The van der Waals surface area contributed by atoms with Crippen LogP contribution in [0.15, 0.2) is 24.3 Å². The fourth-order valence-electron chi connectivity index (χ4n) is 7.45. The summed E-state index contributed by atoms with van der Waals surface area (Å²) < 4.78 is 22.8. The lowest BCUT2D eigenvalue weighted by molar-refractivity contribution is -0.220. The van der Waals surface area contributed by atoms with E-state index in [1.807, 2.05) is 0 Å². The maximum absolute atomic E-state index is 13.0. The fraction of sp³-hybridized carbons (Fsp3) is 0.889. The highest BCUT2D eigenvalue weighted by Crippen LogP contribution is 2.47. The van der Waals surface area contributed by atoms with Crippen molar-refractivity contribution in [2.45, 2.75) is 249 Å². The van der Waals surface area contributed by atoms with Gasteiger partial charge in [-0.15, -0.1) is 0 Å². The third kappa shape index (κ3) is 27.5. The van der Waals surface area contributed by atoms with Crippen molar-refractivity contribution in [3.05, 3.63) is 24.3 Å². The van der Waals surface area contributed by atoms with E-state index in [9.17, 15) is 50.0 Å². The van der Waals surface area contributed by atoms with Crippen LogP contribution < -0.4 is 5.32 Å². The average Bonchev–Trinajstić information content (AvgIpc) is 3.21. The van der Waals surface area contributed by atoms with Gasteiger partial charge in [0.2, 0.25) is 5.91 Å². The van der Waals surface area contributed by atoms with Gasteiger partial charge in [-0.1, -0.05) is 167 Å². The number of phosphoric ester groups is 1. The molecule has 0 bridgehead atoms. The van der Waals surface area contributed by atoms with Gasteiger partial charge in [0.25, 0.3) is 0 Å². The fourth-order valence-corrected chi connectivity index (χ4v) is 8.42. The van der Waals surface area contributed by atoms with Crippen LogP contribution in [0, 0.1) is 0 Å². The zero-order valence-electron chi connectivity index (χ0n) is 36.7. The average molecular weight is 864 g/mol. The number of nitrogens with one attached hydrogen (secondary N) is 1. The molecule has 8 unspecified atom stereocenters. The summed E-state index contributed by atoms with van der Waals surface area (Å²) in [7, 11) is -5.11. The Hall–Kier alpha value is -1.22. The Balaban J connectivity index is 2.41. The lowest BCUT2D eigenvalue weighted by Gasteiger charge is -2.41. The number of phosphoric acid groups is 1. The quantitative estimate of drug-likeness (QED) is 0.0166. The Morgan fingerprint density at radius 3 is 1.47 bits per heavy atom. The van der Waals surface area contributed by atoms with E-state index in [4.69, 9.17) is 9.05 Å². The first kappa shape index (κ1) is 55.8. The molecule has 14 heteroatoms. The van der Waals surface area contributed by atoms with E-state index in [0.717, 1.165) is 77.0 Å². The first-order chi connectivity index (χ1) is 28.3. The molecule has 8 atom stereocenters. The summed E-state index contributed by atoms with van der Waals surface area (Å²) in [6.07, 6.45) is 24.1. The molecule has 9 N–H and O–H groups in total. The standard InChI is InChI=1S/C45H86NO12P/c1-3-5-7-9-11-13-14-15-16-17-18-19-20-21-22-23-24-25-26-28-30-32-36(47)34-39(49)46-37(38(48)33-31-29-27-12-10-8-6-4-2)35-57-59(55,56)58-45-43(53)41(51)40(50)42(52)44(45)54/h18-19,21-22,36-38,40-45,47-48,50-54H,3-17,20,23-35H2,1-2H3,(H,46,49)(H,55,56)/b19-18-,22-21-. The number of carbonyl (C=O) groups is 1. The van der Waals surface area contributed by atoms with Crippen LogP contribution in [0.25, 0.3) is 0 Å². The van der Waals surface area contributed by atoms with E-state index in [0.29, 0.717) is 12.8 Å². The zero-order chi connectivity index (χ0) is 43.7. The zero-order valence-corrected chi connectivity index (χ0v) is 37.6. The number of hydrogen-bond donors (Lipinski definition) is 9. The van der Waals surface area contributed by atoms with Crippen LogP contribution in [0.2, 0.25) is 0 Å². The Morgan fingerprint density at radius 2 is 1.00 bits per heavy atom. The Labute approximate surface area is 356 Å². The van der Waals surface area contributed by atoms with Gasteiger partial charge in [0.1, 0.15) is 36.6 Å². The topological polar surface area (TPSA) is 226 Å². The van der Waals surface area contributed by atoms with Crippen LogP contribution in [-0.2, 0) is 18.4 Å². The Morgan fingerprint density at radius 1 is 0.593 bits per heavy atom. The molecule has 0 saturated heterocycles. The Bertz CT molecular complexity index is 1110. The second-order valence-corrected chi connectivity index (χ2v) is 18.2. The van der Waals surface area contributed by atoms with Crippen LogP contribution >= 0.6 is 7.82 Å². The molecular formula is C45H86NO12P. The van der Waals surface area contributed by atoms with Gasteiger partial charge in [-0.2, -0.15) is 0 Å². The predicted octanol–water partition coefficient (Wildman–Crippen LogP) is 7.59. The van der Waals surface area contributed by atoms with Crippen molar-refractivity contribution in [2.75, 3.05) is 6.61 Å². The van der Waals surface area contributed by atoms with Gasteiger partial charge >= 0.3 is 7.82 Å². The Kier molecular flexibility index (Phi) is 33.3. The van der Waals surface area contributed by atoms with Crippen molar-refractivity contribution in [1.82, 2.24) is 5.32 Å². The highest BCUT2D eigenvalue weighted by Gasteiger charge is 2.51. The normalized spacial score (nSPS) is 23.8. The van der Waals surface area contributed by atoms with Gasteiger partial charge < -0.3 is 46.0 Å².